The molecule has 0 heterocycles. The summed E-state index contributed by atoms with van der Waals surface area (Å²) < 4.78 is 5.54. The number of ether oxygens (including phenoxy) is 1. The number of aromatic carboxylic acids is 1. The number of hydrogen-bond acceptors (Lipinski definition) is 3. The van der Waals surface area contributed by atoms with Crippen molar-refractivity contribution in [2.24, 2.45) is 0 Å². The van der Waals surface area contributed by atoms with Crippen molar-refractivity contribution in [3.8, 4) is 11.5 Å². The predicted molar refractivity (Wildman–Crippen MR) is 72.7 cm³/mol. The van der Waals surface area contributed by atoms with Crippen LogP contribution in [-0.4, -0.2) is 16.4 Å². The second kappa shape index (κ2) is 5.42. The van der Waals surface area contributed by atoms with Crippen molar-refractivity contribution >= 4 is 23.6 Å². The Balaban J connectivity index is 2.28. The molecule has 0 saturated heterocycles. The lowest BCUT2D eigenvalue weighted by molar-refractivity contribution is 0.0694. The van der Waals surface area contributed by atoms with Crippen molar-refractivity contribution in [2.45, 2.75) is 0 Å². The molecule has 1 N–H and O–H groups in total. The van der Waals surface area contributed by atoms with Crippen LogP contribution in [0.3, 0.4) is 0 Å². The van der Waals surface area contributed by atoms with Crippen molar-refractivity contribution in [3.05, 3.63) is 59.7 Å². The largest absolute Gasteiger partial charge is 0.478 e. The first-order valence-electron chi connectivity index (χ1n) is 5.26. The minimum atomic E-state index is -1.01. The predicted octanol–water partition coefficient (Wildman–Crippen LogP) is 3.52. The molecule has 0 fully saturated rings. The van der Waals surface area contributed by atoms with E-state index < -0.39 is 5.97 Å². The van der Waals surface area contributed by atoms with Crippen LogP contribution in [0, 0.1) is 0 Å². The number of thiocarbonyl (C=S) groups is 1. The third-order valence-electron chi connectivity index (χ3n) is 2.36. The van der Waals surface area contributed by atoms with E-state index in [-0.39, 0.29) is 5.56 Å². The van der Waals surface area contributed by atoms with Crippen molar-refractivity contribution in [1.82, 2.24) is 0 Å². The van der Waals surface area contributed by atoms with E-state index in [0.717, 1.165) is 5.56 Å². The molecule has 2 aromatic rings. The maximum atomic E-state index is 11.0. The van der Waals surface area contributed by atoms with Gasteiger partial charge >= 0.3 is 5.97 Å². The summed E-state index contributed by atoms with van der Waals surface area (Å²) >= 11 is 4.80. The molecule has 0 unspecified atom stereocenters. The van der Waals surface area contributed by atoms with Gasteiger partial charge in [0.15, 0.2) is 0 Å². The molecule has 0 saturated carbocycles. The fraction of sp³-hybridized carbons (Fsp3) is 0. The van der Waals surface area contributed by atoms with Gasteiger partial charge in [0.05, 0.1) is 0 Å². The molecule has 2 rings (SSSR count). The Bertz CT molecular complexity index is 576. The Morgan fingerprint density at radius 3 is 2.39 bits per heavy atom. The van der Waals surface area contributed by atoms with Crippen LogP contribution in [0.25, 0.3) is 0 Å². The average Bonchev–Trinajstić information content (AvgIpc) is 2.40. The van der Waals surface area contributed by atoms with Crippen LogP contribution < -0.4 is 4.74 Å². The lowest BCUT2D eigenvalue weighted by atomic mass is 10.2. The molecule has 0 aliphatic heterocycles. The summed E-state index contributed by atoms with van der Waals surface area (Å²) in [5, 5.41) is 10.6. The molecule has 0 amide bonds. The Morgan fingerprint density at radius 1 is 1.11 bits per heavy atom. The zero-order valence-electron chi connectivity index (χ0n) is 9.37. The molecular weight excluding hydrogens is 248 g/mol. The van der Waals surface area contributed by atoms with Gasteiger partial charge in [-0.25, -0.2) is 4.79 Å². The highest BCUT2D eigenvalue weighted by Crippen LogP contribution is 2.25. The number of para-hydroxylation sites is 1. The van der Waals surface area contributed by atoms with Crippen LogP contribution in [0.1, 0.15) is 15.9 Å². The third-order valence-corrected chi connectivity index (χ3v) is 2.63. The van der Waals surface area contributed by atoms with E-state index in [0.29, 0.717) is 11.5 Å². The molecular formula is C14H10O3S. The average molecular weight is 258 g/mol. The quantitative estimate of drug-likeness (QED) is 0.852. The van der Waals surface area contributed by atoms with E-state index in [1.807, 2.05) is 12.1 Å². The van der Waals surface area contributed by atoms with Gasteiger partial charge in [0.25, 0.3) is 0 Å². The SMILES string of the molecule is O=C(O)c1ccccc1Oc1ccc(C=S)cc1. The topological polar surface area (TPSA) is 46.5 Å². The fourth-order valence-electron chi connectivity index (χ4n) is 1.47. The van der Waals surface area contributed by atoms with E-state index in [1.165, 1.54) is 6.07 Å². The van der Waals surface area contributed by atoms with E-state index in [1.54, 1.807) is 35.7 Å². The van der Waals surface area contributed by atoms with Gasteiger partial charge in [0.2, 0.25) is 0 Å². The molecule has 0 aromatic heterocycles. The van der Waals surface area contributed by atoms with Crippen LogP contribution in [0.2, 0.25) is 0 Å². The number of rotatable bonds is 4. The minimum Gasteiger partial charge on any atom is -0.478 e. The van der Waals surface area contributed by atoms with Crippen molar-refractivity contribution in [3.63, 3.8) is 0 Å². The monoisotopic (exact) mass is 258 g/mol. The second-order valence-corrected chi connectivity index (χ2v) is 3.83. The van der Waals surface area contributed by atoms with Gasteiger partial charge in [-0.2, -0.15) is 0 Å². The third kappa shape index (κ3) is 2.73. The number of benzene rings is 2. The first-order chi connectivity index (χ1) is 8.70. The number of hydrogen-bond donors (Lipinski definition) is 1. The molecule has 0 spiro atoms. The second-order valence-electron chi connectivity index (χ2n) is 3.59. The fourth-order valence-corrected chi connectivity index (χ4v) is 1.63. The highest BCUT2D eigenvalue weighted by atomic mass is 32.1. The van der Waals surface area contributed by atoms with Gasteiger partial charge in [0, 0.05) is 5.37 Å². The summed E-state index contributed by atoms with van der Waals surface area (Å²) in [6.07, 6.45) is 0. The molecule has 0 radical (unpaired) electrons. The zero-order chi connectivity index (χ0) is 13.0. The van der Waals surface area contributed by atoms with Crippen LogP contribution >= 0.6 is 12.2 Å². The number of carboxylic acids is 1. The maximum Gasteiger partial charge on any atom is 0.339 e. The molecule has 3 nitrogen and oxygen atoms in total. The molecule has 0 bridgehead atoms. The standard InChI is InChI=1S/C14H10O3S/c15-14(16)12-3-1-2-4-13(12)17-11-7-5-10(9-18)6-8-11/h1-9H,(H,15,16). The molecule has 4 heteroatoms. The van der Waals surface area contributed by atoms with Crippen molar-refractivity contribution < 1.29 is 14.6 Å². The molecule has 18 heavy (non-hydrogen) atoms. The minimum absolute atomic E-state index is 0.136. The molecule has 0 aliphatic rings. The molecule has 2 aromatic carbocycles. The Morgan fingerprint density at radius 2 is 1.78 bits per heavy atom. The lowest BCUT2D eigenvalue weighted by Gasteiger charge is -2.08. The highest BCUT2D eigenvalue weighted by molar-refractivity contribution is 7.79. The maximum absolute atomic E-state index is 11.0. The van der Waals surface area contributed by atoms with Gasteiger partial charge < -0.3 is 9.84 Å². The zero-order valence-corrected chi connectivity index (χ0v) is 10.2. The number of carboxylic acid groups (broad SMARTS) is 1. The Labute approximate surface area is 110 Å². The first-order valence-corrected chi connectivity index (χ1v) is 5.73. The summed E-state index contributed by atoms with van der Waals surface area (Å²) in [7, 11) is 0. The first kappa shape index (κ1) is 12.3. The molecule has 90 valence electrons. The van der Waals surface area contributed by atoms with Crippen molar-refractivity contribution in [2.75, 3.05) is 0 Å². The summed E-state index contributed by atoms with van der Waals surface area (Å²) in [4.78, 5) is 11.0. The van der Waals surface area contributed by atoms with Gasteiger partial charge in [0.1, 0.15) is 17.1 Å². The van der Waals surface area contributed by atoms with Crippen LogP contribution in [0.15, 0.2) is 48.5 Å². The summed E-state index contributed by atoms with van der Waals surface area (Å²) in [6, 6.07) is 13.6. The highest BCUT2D eigenvalue weighted by Gasteiger charge is 2.10. The summed E-state index contributed by atoms with van der Waals surface area (Å²) in [6.45, 7) is 0. The van der Waals surface area contributed by atoms with E-state index >= 15 is 0 Å². The number of carbonyl (C=O) groups is 1. The lowest BCUT2D eigenvalue weighted by Crippen LogP contribution is -1.99. The van der Waals surface area contributed by atoms with E-state index in [9.17, 15) is 4.79 Å². The van der Waals surface area contributed by atoms with Crippen molar-refractivity contribution in [1.29, 1.82) is 0 Å². The Hall–Kier alpha value is -2.20. The van der Waals surface area contributed by atoms with Gasteiger partial charge in [-0.3, -0.25) is 0 Å². The van der Waals surface area contributed by atoms with Gasteiger partial charge in [-0.1, -0.05) is 36.5 Å². The molecule has 0 aliphatic carbocycles. The van der Waals surface area contributed by atoms with Crippen LogP contribution in [0.4, 0.5) is 0 Å². The summed E-state index contributed by atoms with van der Waals surface area (Å²) in [5.74, 6) is -0.120. The van der Waals surface area contributed by atoms with Gasteiger partial charge in [-0.15, -0.1) is 0 Å². The smallest absolute Gasteiger partial charge is 0.339 e. The van der Waals surface area contributed by atoms with E-state index in [2.05, 4.69) is 0 Å². The van der Waals surface area contributed by atoms with Gasteiger partial charge in [-0.05, 0) is 29.8 Å². The normalized spacial score (nSPS) is 9.78. The van der Waals surface area contributed by atoms with Crippen LogP contribution in [0.5, 0.6) is 11.5 Å². The molecule has 0 atom stereocenters. The van der Waals surface area contributed by atoms with Crippen LogP contribution in [-0.2, 0) is 0 Å². The summed E-state index contributed by atoms with van der Waals surface area (Å²) in [5.41, 5.74) is 1.04. The Kier molecular flexibility index (Phi) is 3.69. The van der Waals surface area contributed by atoms with E-state index in [4.69, 9.17) is 22.1 Å².